The summed E-state index contributed by atoms with van der Waals surface area (Å²) in [6, 6.07) is 0.121. The molecule has 4 atom stereocenters. The molecule has 1 fully saturated rings. The Kier molecular flexibility index (Phi) is 6.27. The molecule has 1 N–H and O–H groups in total. The van der Waals surface area contributed by atoms with Crippen molar-refractivity contribution in [3.8, 4) is 0 Å². The van der Waals surface area contributed by atoms with Crippen LogP contribution in [0, 0.1) is 5.92 Å². The fraction of sp³-hybridized carbons (Fsp3) is 0.933. The number of esters is 1. The highest BCUT2D eigenvalue weighted by atomic mass is 16.5. The van der Waals surface area contributed by atoms with Crippen LogP contribution in [-0.2, 0) is 14.3 Å². The lowest BCUT2D eigenvalue weighted by atomic mass is 9.88. The first-order valence-corrected chi connectivity index (χ1v) is 7.43. The van der Waals surface area contributed by atoms with Crippen LogP contribution in [-0.4, -0.2) is 37.4 Å². The van der Waals surface area contributed by atoms with Gasteiger partial charge in [-0.2, -0.15) is 0 Å². The normalized spacial score (nSPS) is 30.7. The predicted molar refractivity (Wildman–Crippen MR) is 76.1 cm³/mol. The average molecular weight is 271 g/mol. The standard InChI is InChI=1S/C15H29NO3/c1-6-11(3)13(14(17)18-5)16-12-8-9-19-15(4,7-2)10-12/h11-13,16H,6-10H2,1-5H3. The monoisotopic (exact) mass is 271 g/mol. The summed E-state index contributed by atoms with van der Waals surface area (Å²) in [6.45, 7) is 9.25. The number of ether oxygens (including phenoxy) is 2. The summed E-state index contributed by atoms with van der Waals surface area (Å²) in [6.07, 6.45) is 3.87. The maximum absolute atomic E-state index is 11.9. The van der Waals surface area contributed by atoms with Crippen molar-refractivity contribution in [1.82, 2.24) is 5.32 Å². The van der Waals surface area contributed by atoms with Crippen molar-refractivity contribution >= 4 is 5.97 Å². The van der Waals surface area contributed by atoms with E-state index in [-0.39, 0.29) is 23.5 Å². The van der Waals surface area contributed by atoms with Gasteiger partial charge in [0.1, 0.15) is 6.04 Å². The van der Waals surface area contributed by atoms with Gasteiger partial charge in [0.15, 0.2) is 0 Å². The van der Waals surface area contributed by atoms with Gasteiger partial charge < -0.3 is 14.8 Å². The number of rotatable bonds is 6. The molecule has 4 nitrogen and oxygen atoms in total. The SMILES string of the molecule is CCC(C)C(NC1CCOC(C)(CC)C1)C(=O)OC. The molecule has 1 aliphatic heterocycles. The van der Waals surface area contributed by atoms with Gasteiger partial charge in [0.25, 0.3) is 0 Å². The van der Waals surface area contributed by atoms with Gasteiger partial charge in [0, 0.05) is 12.6 Å². The van der Waals surface area contributed by atoms with Crippen LogP contribution >= 0.6 is 0 Å². The minimum Gasteiger partial charge on any atom is -0.468 e. The summed E-state index contributed by atoms with van der Waals surface area (Å²) >= 11 is 0. The van der Waals surface area contributed by atoms with Gasteiger partial charge in [-0.25, -0.2) is 0 Å². The Bertz CT molecular complexity index is 295. The Morgan fingerprint density at radius 3 is 2.74 bits per heavy atom. The molecule has 1 aliphatic rings. The molecule has 0 saturated carbocycles. The number of hydrogen-bond donors (Lipinski definition) is 1. The maximum Gasteiger partial charge on any atom is 0.323 e. The lowest BCUT2D eigenvalue weighted by Gasteiger charge is -2.39. The van der Waals surface area contributed by atoms with E-state index in [1.165, 1.54) is 7.11 Å². The first-order chi connectivity index (χ1) is 8.95. The van der Waals surface area contributed by atoms with Crippen LogP contribution in [0.15, 0.2) is 0 Å². The van der Waals surface area contributed by atoms with Crippen LogP contribution in [0.5, 0.6) is 0 Å². The smallest absolute Gasteiger partial charge is 0.323 e. The van der Waals surface area contributed by atoms with Crippen molar-refractivity contribution in [2.24, 2.45) is 5.92 Å². The minimum atomic E-state index is -0.209. The summed E-state index contributed by atoms with van der Waals surface area (Å²) in [5, 5.41) is 3.49. The van der Waals surface area contributed by atoms with E-state index < -0.39 is 0 Å². The highest BCUT2D eigenvalue weighted by Crippen LogP contribution is 2.28. The molecule has 0 spiro atoms. The first-order valence-electron chi connectivity index (χ1n) is 7.43. The van der Waals surface area contributed by atoms with Crippen LogP contribution in [0.3, 0.4) is 0 Å². The second-order valence-electron chi connectivity index (χ2n) is 5.89. The van der Waals surface area contributed by atoms with Gasteiger partial charge in [0.2, 0.25) is 0 Å². The van der Waals surface area contributed by atoms with Gasteiger partial charge in [-0.1, -0.05) is 27.2 Å². The van der Waals surface area contributed by atoms with Crippen LogP contribution in [0.25, 0.3) is 0 Å². The van der Waals surface area contributed by atoms with Crippen LogP contribution in [0.1, 0.15) is 53.4 Å². The van der Waals surface area contributed by atoms with Crippen molar-refractivity contribution in [2.75, 3.05) is 13.7 Å². The lowest BCUT2D eigenvalue weighted by molar-refractivity contribution is -0.145. The van der Waals surface area contributed by atoms with Crippen LogP contribution < -0.4 is 5.32 Å². The van der Waals surface area contributed by atoms with Crippen molar-refractivity contribution in [2.45, 2.75) is 71.1 Å². The van der Waals surface area contributed by atoms with E-state index in [0.29, 0.717) is 6.04 Å². The summed E-state index contributed by atoms with van der Waals surface area (Å²) in [7, 11) is 1.46. The summed E-state index contributed by atoms with van der Waals surface area (Å²) in [4.78, 5) is 11.9. The molecule has 4 heteroatoms. The average Bonchev–Trinajstić information content (AvgIpc) is 2.43. The molecule has 0 aromatic carbocycles. The van der Waals surface area contributed by atoms with E-state index in [1.807, 2.05) is 0 Å². The second-order valence-corrected chi connectivity index (χ2v) is 5.89. The van der Waals surface area contributed by atoms with E-state index in [1.54, 1.807) is 0 Å². The quantitative estimate of drug-likeness (QED) is 0.754. The molecular weight excluding hydrogens is 242 g/mol. The molecule has 112 valence electrons. The van der Waals surface area contributed by atoms with Crippen LogP contribution in [0.4, 0.5) is 0 Å². The molecule has 0 radical (unpaired) electrons. The molecule has 0 aromatic rings. The van der Waals surface area contributed by atoms with E-state index >= 15 is 0 Å². The summed E-state index contributed by atoms with van der Waals surface area (Å²) in [5.74, 6) is 0.127. The molecular formula is C15H29NO3. The number of carbonyl (C=O) groups excluding carboxylic acids is 1. The van der Waals surface area contributed by atoms with Crippen molar-refractivity contribution in [3.63, 3.8) is 0 Å². The molecule has 0 amide bonds. The largest absolute Gasteiger partial charge is 0.468 e. The zero-order chi connectivity index (χ0) is 14.5. The predicted octanol–water partition coefficient (Wildman–Crippen LogP) is 2.51. The molecule has 0 bridgehead atoms. The highest BCUT2D eigenvalue weighted by molar-refractivity contribution is 5.76. The number of nitrogens with one attached hydrogen (secondary N) is 1. The second kappa shape index (κ2) is 7.25. The third-order valence-corrected chi connectivity index (χ3v) is 4.43. The maximum atomic E-state index is 11.9. The van der Waals surface area contributed by atoms with E-state index in [9.17, 15) is 4.79 Å². The number of hydrogen-bond acceptors (Lipinski definition) is 4. The Morgan fingerprint density at radius 2 is 2.21 bits per heavy atom. The van der Waals surface area contributed by atoms with Gasteiger partial charge in [-0.3, -0.25) is 4.79 Å². The Hall–Kier alpha value is -0.610. The molecule has 1 rings (SSSR count). The minimum absolute atomic E-state index is 0.0635. The third-order valence-electron chi connectivity index (χ3n) is 4.43. The molecule has 1 heterocycles. The Labute approximate surface area is 117 Å². The molecule has 0 aromatic heterocycles. The fourth-order valence-corrected chi connectivity index (χ4v) is 2.60. The zero-order valence-electron chi connectivity index (χ0n) is 13.0. The highest BCUT2D eigenvalue weighted by Gasteiger charge is 2.35. The van der Waals surface area contributed by atoms with Crippen LogP contribution in [0.2, 0.25) is 0 Å². The van der Waals surface area contributed by atoms with Crippen molar-refractivity contribution in [1.29, 1.82) is 0 Å². The van der Waals surface area contributed by atoms with Gasteiger partial charge >= 0.3 is 5.97 Å². The zero-order valence-corrected chi connectivity index (χ0v) is 13.0. The molecule has 4 unspecified atom stereocenters. The summed E-state index contributed by atoms with van der Waals surface area (Å²) < 4.78 is 10.8. The Balaban J connectivity index is 2.65. The molecule has 0 aliphatic carbocycles. The van der Waals surface area contributed by atoms with E-state index in [2.05, 4.69) is 33.0 Å². The van der Waals surface area contributed by atoms with Gasteiger partial charge in [-0.05, 0) is 32.1 Å². The first kappa shape index (κ1) is 16.4. The van der Waals surface area contributed by atoms with Crippen molar-refractivity contribution in [3.05, 3.63) is 0 Å². The molecule has 19 heavy (non-hydrogen) atoms. The number of carbonyl (C=O) groups is 1. The van der Waals surface area contributed by atoms with Gasteiger partial charge in [-0.15, -0.1) is 0 Å². The van der Waals surface area contributed by atoms with Gasteiger partial charge in [0.05, 0.1) is 12.7 Å². The lowest BCUT2D eigenvalue weighted by Crippen LogP contribution is -2.52. The number of methoxy groups -OCH3 is 1. The Morgan fingerprint density at radius 1 is 1.53 bits per heavy atom. The van der Waals surface area contributed by atoms with Crippen molar-refractivity contribution < 1.29 is 14.3 Å². The van der Waals surface area contributed by atoms with E-state index in [4.69, 9.17) is 9.47 Å². The fourth-order valence-electron chi connectivity index (χ4n) is 2.60. The third kappa shape index (κ3) is 4.46. The summed E-state index contributed by atoms with van der Waals surface area (Å²) in [5.41, 5.74) is -0.0635. The molecule has 1 saturated heterocycles. The van der Waals surface area contributed by atoms with E-state index in [0.717, 1.165) is 32.3 Å². The topological polar surface area (TPSA) is 47.6 Å².